The molecular weight excluding hydrogens is 328 g/mol. The zero-order valence-corrected chi connectivity index (χ0v) is 15.3. The first-order valence-corrected chi connectivity index (χ1v) is 9.46. The summed E-state index contributed by atoms with van der Waals surface area (Å²) in [7, 11) is 0. The first-order valence-electron chi connectivity index (χ1n) is 8.64. The minimum atomic E-state index is -0.160. The average Bonchev–Trinajstić information content (AvgIpc) is 2.99. The summed E-state index contributed by atoms with van der Waals surface area (Å²) in [6.45, 7) is 4.87. The lowest BCUT2D eigenvalue weighted by atomic mass is 9.93. The van der Waals surface area contributed by atoms with Gasteiger partial charge in [0, 0.05) is 22.5 Å². The maximum Gasteiger partial charge on any atom is 0.279 e. The van der Waals surface area contributed by atoms with Gasteiger partial charge in [-0.25, -0.2) is 0 Å². The highest BCUT2D eigenvalue weighted by Crippen LogP contribution is 2.34. The Hall–Kier alpha value is -2.46. The Kier molecular flexibility index (Phi) is 4.14. The molecule has 1 heterocycles. The second-order valence-corrected chi connectivity index (χ2v) is 7.35. The molecule has 1 amide bonds. The Balaban J connectivity index is 1.87. The van der Waals surface area contributed by atoms with Crippen LogP contribution in [0.3, 0.4) is 0 Å². The molecule has 2 aromatic carbocycles. The number of hydrogen-bond acceptors (Lipinski definition) is 2. The van der Waals surface area contributed by atoms with Gasteiger partial charge in [-0.2, -0.15) is 4.99 Å². The number of rotatable bonds is 2. The number of aromatic nitrogens is 1. The van der Waals surface area contributed by atoms with Gasteiger partial charge in [0.25, 0.3) is 5.91 Å². The van der Waals surface area contributed by atoms with Crippen LogP contribution in [0, 0.1) is 6.92 Å². The first-order chi connectivity index (χ1) is 12.2. The zero-order valence-electron chi connectivity index (χ0n) is 14.5. The van der Waals surface area contributed by atoms with Crippen molar-refractivity contribution in [1.82, 2.24) is 4.57 Å². The molecule has 4 heteroatoms. The van der Waals surface area contributed by atoms with E-state index in [1.165, 1.54) is 21.7 Å². The van der Waals surface area contributed by atoms with Crippen LogP contribution in [0.25, 0.3) is 11.3 Å². The smallest absolute Gasteiger partial charge is 0.279 e. The molecule has 0 bridgehead atoms. The lowest BCUT2D eigenvalue weighted by Gasteiger charge is -2.17. The van der Waals surface area contributed by atoms with Gasteiger partial charge in [-0.05, 0) is 43.9 Å². The summed E-state index contributed by atoms with van der Waals surface area (Å²) in [4.78, 5) is 19.3. The Bertz CT molecular complexity index is 1030. The second kappa shape index (κ2) is 6.45. The van der Waals surface area contributed by atoms with Crippen molar-refractivity contribution >= 4 is 17.2 Å². The summed E-state index contributed by atoms with van der Waals surface area (Å²) in [5.74, 6) is -0.160. The topological polar surface area (TPSA) is 34.4 Å². The largest absolute Gasteiger partial charge is 0.316 e. The minimum absolute atomic E-state index is 0.160. The van der Waals surface area contributed by atoms with Gasteiger partial charge in [-0.3, -0.25) is 4.79 Å². The molecule has 0 fully saturated rings. The lowest BCUT2D eigenvalue weighted by Crippen LogP contribution is -2.18. The molecule has 1 aromatic heterocycles. The number of carbonyl (C=O) groups is 1. The Morgan fingerprint density at radius 3 is 2.68 bits per heavy atom. The molecule has 1 aliphatic rings. The van der Waals surface area contributed by atoms with Gasteiger partial charge in [0.1, 0.15) is 0 Å². The Morgan fingerprint density at radius 1 is 1.12 bits per heavy atom. The molecule has 3 aromatic rings. The quantitative estimate of drug-likeness (QED) is 0.676. The van der Waals surface area contributed by atoms with Crippen molar-refractivity contribution in [3.63, 3.8) is 0 Å². The van der Waals surface area contributed by atoms with Crippen LogP contribution in [0.2, 0.25) is 0 Å². The van der Waals surface area contributed by atoms with Gasteiger partial charge in [0.2, 0.25) is 0 Å². The van der Waals surface area contributed by atoms with Crippen LogP contribution in [-0.4, -0.2) is 10.5 Å². The van der Waals surface area contributed by atoms with E-state index in [-0.39, 0.29) is 5.91 Å². The van der Waals surface area contributed by atoms with E-state index in [2.05, 4.69) is 40.7 Å². The maximum absolute atomic E-state index is 12.7. The van der Waals surface area contributed by atoms with Crippen molar-refractivity contribution in [2.45, 2.75) is 33.2 Å². The van der Waals surface area contributed by atoms with Crippen molar-refractivity contribution in [1.29, 1.82) is 0 Å². The van der Waals surface area contributed by atoms with Crippen LogP contribution in [0.4, 0.5) is 0 Å². The predicted molar refractivity (Wildman–Crippen MR) is 102 cm³/mol. The van der Waals surface area contributed by atoms with E-state index in [0.717, 1.165) is 29.8 Å². The molecule has 3 nitrogen and oxygen atoms in total. The highest BCUT2D eigenvalue weighted by atomic mass is 32.1. The standard InChI is InChI=1S/C21H20N2OS/c1-3-23-19-17-11-7-5-9-15(17)12-13-18(19)25-21(23)22-20(24)16-10-6-4-8-14(16)2/h4-11H,3,12-13H2,1-2H3. The summed E-state index contributed by atoms with van der Waals surface area (Å²) in [5, 5.41) is 0. The van der Waals surface area contributed by atoms with Crippen LogP contribution in [-0.2, 0) is 19.4 Å². The number of fused-ring (bicyclic) bond motifs is 3. The molecule has 0 spiro atoms. The molecule has 0 N–H and O–H groups in total. The van der Waals surface area contributed by atoms with Gasteiger partial charge in [-0.15, -0.1) is 11.3 Å². The third-order valence-electron chi connectivity index (χ3n) is 4.76. The van der Waals surface area contributed by atoms with Crippen LogP contribution < -0.4 is 4.80 Å². The van der Waals surface area contributed by atoms with E-state index in [9.17, 15) is 4.79 Å². The summed E-state index contributed by atoms with van der Waals surface area (Å²) in [6, 6.07) is 16.2. The van der Waals surface area contributed by atoms with Gasteiger partial charge in [-0.1, -0.05) is 42.5 Å². The lowest BCUT2D eigenvalue weighted by molar-refractivity contribution is 0.0997. The summed E-state index contributed by atoms with van der Waals surface area (Å²) in [6.07, 6.45) is 2.07. The molecule has 0 aliphatic heterocycles. The van der Waals surface area contributed by atoms with E-state index in [1.54, 1.807) is 11.3 Å². The van der Waals surface area contributed by atoms with Crippen molar-refractivity contribution < 1.29 is 4.79 Å². The number of amides is 1. The molecule has 0 radical (unpaired) electrons. The van der Waals surface area contributed by atoms with Gasteiger partial charge in [0.15, 0.2) is 4.80 Å². The molecular formula is C21H20N2OS. The van der Waals surface area contributed by atoms with Crippen molar-refractivity contribution in [2.24, 2.45) is 4.99 Å². The summed E-state index contributed by atoms with van der Waals surface area (Å²) >= 11 is 1.65. The van der Waals surface area contributed by atoms with E-state index < -0.39 is 0 Å². The molecule has 4 rings (SSSR count). The predicted octanol–water partition coefficient (Wildman–Crippen LogP) is 4.38. The van der Waals surface area contributed by atoms with E-state index >= 15 is 0 Å². The fraction of sp³-hybridized carbons (Fsp3) is 0.238. The maximum atomic E-state index is 12.7. The molecule has 0 atom stereocenters. The van der Waals surface area contributed by atoms with E-state index in [0.29, 0.717) is 5.56 Å². The first kappa shape index (κ1) is 16.0. The Morgan fingerprint density at radius 2 is 1.88 bits per heavy atom. The third kappa shape index (κ3) is 2.76. The molecule has 126 valence electrons. The molecule has 0 saturated heterocycles. The normalized spacial score (nSPS) is 13.4. The number of carbonyl (C=O) groups excluding carboxylic acids is 1. The van der Waals surface area contributed by atoms with Crippen LogP contribution in [0.15, 0.2) is 53.5 Å². The number of benzene rings is 2. The monoisotopic (exact) mass is 348 g/mol. The molecule has 0 saturated carbocycles. The number of aryl methyl sites for hydroxylation is 3. The molecule has 25 heavy (non-hydrogen) atoms. The summed E-state index contributed by atoms with van der Waals surface area (Å²) in [5.41, 5.74) is 5.55. The fourth-order valence-corrected chi connectivity index (χ4v) is 4.68. The van der Waals surface area contributed by atoms with Gasteiger partial charge in [0.05, 0.1) is 5.69 Å². The van der Waals surface area contributed by atoms with E-state index in [1.807, 2.05) is 31.2 Å². The van der Waals surface area contributed by atoms with Crippen molar-refractivity contribution in [3.05, 3.63) is 74.9 Å². The molecule has 1 aliphatic carbocycles. The summed E-state index contributed by atoms with van der Waals surface area (Å²) < 4.78 is 2.19. The SMILES string of the molecule is CCn1c2c(sc1=NC(=O)c1ccccc1C)CCc1ccccc1-2. The highest BCUT2D eigenvalue weighted by molar-refractivity contribution is 7.09. The highest BCUT2D eigenvalue weighted by Gasteiger charge is 2.22. The fourth-order valence-electron chi connectivity index (χ4n) is 3.48. The van der Waals surface area contributed by atoms with Crippen LogP contribution in [0.1, 0.15) is 33.3 Å². The zero-order chi connectivity index (χ0) is 17.4. The van der Waals surface area contributed by atoms with Crippen LogP contribution >= 0.6 is 11.3 Å². The molecule has 0 unspecified atom stereocenters. The Labute approximate surface area is 151 Å². The van der Waals surface area contributed by atoms with E-state index in [4.69, 9.17) is 0 Å². The van der Waals surface area contributed by atoms with Crippen molar-refractivity contribution in [2.75, 3.05) is 0 Å². The third-order valence-corrected chi connectivity index (χ3v) is 5.90. The van der Waals surface area contributed by atoms with Gasteiger partial charge < -0.3 is 4.57 Å². The minimum Gasteiger partial charge on any atom is -0.316 e. The van der Waals surface area contributed by atoms with Crippen LogP contribution in [0.5, 0.6) is 0 Å². The average molecular weight is 348 g/mol. The van der Waals surface area contributed by atoms with Crippen molar-refractivity contribution in [3.8, 4) is 11.3 Å². The number of hydrogen-bond donors (Lipinski definition) is 0. The van der Waals surface area contributed by atoms with Gasteiger partial charge >= 0.3 is 0 Å². The second-order valence-electron chi connectivity index (χ2n) is 6.29. The number of nitrogens with zero attached hydrogens (tertiary/aromatic N) is 2. The number of thiazole rings is 1.